The molecule has 1 aromatic carbocycles. The van der Waals surface area contributed by atoms with Gasteiger partial charge in [0.2, 0.25) is 9.84 Å². The van der Waals surface area contributed by atoms with Crippen LogP contribution in [0.5, 0.6) is 0 Å². The van der Waals surface area contributed by atoms with Crippen molar-refractivity contribution in [2.45, 2.75) is 4.90 Å². The number of aromatic nitrogens is 1. The van der Waals surface area contributed by atoms with E-state index in [2.05, 4.69) is 20.9 Å². The zero-order valence-corrected chi connectivity index (χ0v) is 11.5. The molecule has 0 amide bonds. The molecule has 0 fully saturated rings. The molecule has 86 valence electrons. The van der Waals surface area contributed by atoms with Crippen LogP contribution in [0.1, 0.15) is 5.56 Å². The normalized spacial score (nSPS) is 16.9. The van der Waals surface area contributed by atoms with Crippen molar-refractivity contribution in [2.24, 2.45) is 0 Å². The lowest BCUT2D eigenvalue weighted by Gasteiger charge is -2.04. The van der Waals surface area contributed by atoms with E-state index in [0.717, 1.165) is 0 Å². The molecule has 0 spiro atoms. The van der Waals surface area contributed by atoms with Crippen LogP contribution in [-0.4, -0.2) is 13.4 Å². The van der Waals surface area contributed by atoms with Crippen LogP contribution >= 0.6 is 27.5 Å². The van der Waals surface area contributed by atoms with E-state index in [1.165, 1.54) is 5.41 Å². The van der Waals surface area contributed by atoms with E-state index in [9.17, 15) is 8.42 Å². The first-order chi connectivity index (χ1) is 7.99. The minimum atomic E-state index is -3.36. The van der Waals surface area contributed by atoms with Crippen LogP contribution in [0.3, 0.4) is 0 Å². The molecule has 2 heterocycles. The lowest BCUT2D eigenvalue weighted by Crippen LogP contribution is -1.94. The van der Waals surface area contributed by atoms with E-state index in [4.69, 9.17) is 11.6 Å². The van der Waals surface area contributed by atoms with Gasteiger partial charge in [0.1, 0.15) is 0 Å². The second-order valence-corrected chi connectivity index (χ2v) is 6.70. The van der Waals surface area contributed by atoms with Gasteiger partial charge in [0.25, 0.3) is 0 Å². The van der Waals surface area contributed by atoms with Gasteiger partial charge in [-0.25, -0.2) is 8.42 Å². The van der Waals surface area contributed by atoms with Crippen LogP contribution in [0.15, 0.2) is 34.7 Å². The summed E-state index contributed by atoms with van der Waals surface area (Å²) in [6.45, 7) is 0. The highest BCUT2D eigenvalue weighted by Gasteiger charge is 2.26. The Labute approximate surface area is 111 Å². The standard InChI is InChI=1S/C11H5BrClNO2S/c12-8-5-17(15,16)11-4-7-9(13)1-2-14-10(7)3-6(8)11/h1-5H. The van der Waals surface area contributed by atoms with Crippen LogP contribution in [0.2, 0.25) is 5.02 Å². The van der Waals surface area contributed by atoms with Crippen molar-refractivity contribution in [3.05, 3.63) is 40.4 Å². The summed E-state index contributed by atoms with van der Waals surface area (Å²) < 4.78 is 24.2. The number of hydrogen-bond donors (Lipinski definition) is 0. The SMILES string of the molecule is O=S1(=O)C=C(Br)c2cc3nccc(Cl)c3cc21. The van der Waals surface area contributed by atoms with Crippen molar-refractivity contribution in [1.82, 2.24) is 4.98 Å². The van der Waals surface area contributed by atoms with E-state index in [1.54, 1.807) is 24.4 Å². The molecule has 0 N–H and O–H groups in total. The number of halogens is 2. The van der Waals surface area contributed by atoms with Gasteiger partial charge in [0.05, 0.1) is 20.8 Å². The molecule has 6 heteroatoms. The smallest absolute Gasteiger partial charge is 0.201 e. The molecule has 0 bridgehead atoms. The molecule has 0 unspecified atom stereocenters. The molecule has 0 aliphatic carbocycles. The predicted octanol–water partition coefficient (Wildman–Crippen LogP) is 3.37. The highest BCUT2D eigenvalue weighted by atomic mass is 79.9. The fraction of sp³-hybridized carbons (Fsp3) is 0. The third-order valence-corrected chi connectivity index (χ3v) is 5.40. The summed E-state index contributed by atoms with van der Waals surface area (Å²) in [7, 11) is -3.36. The molecule has 0 radical (unpaired) electrons. The molecule has 1 aromatic heterocycles. The largest absolute Gasteiger partial charge is 0.256 e. The van der Waals surface area contributed by atoms with Crippen molar-refractivity contribution in [3.8, 4) is 0 Å². The molecule has 0 saturated heterocycles. The summed E-state index contributed by atoms with van der Waals surface area (Å²) in [5, 5.41) is 2.34. The van der Waals surface area contributed by atoms with Gasteiger partial charge < -0.3 is 0 Å². The van der Waals surface area contributed by atoms with E-state index in [0.29, 0.717) is 26.0 Å². The Morgan fingerprint density at radius 2 is 2.06 bits per heavy atom. The maximum absolute atomic E-state index is 11.8. The topological polar surface area (TPSA) is 47.0 Å². The molecule has 3 rings (SSSR count). The van der Waals surface area contributed by atoms with E-state index in [-0.39, 0.29) is 4.90 Å². The molecular formula is C11H5BrClNO2S. The lowest BCUT2D eigenvalue weighted by molar-refractivity contribution is 0.605. The number of fused-ring (bicyclic) bond motifs is 2. The fourth-order valence-corrected chi connectivity index (χ4v) is 4.51. The van der Waals surface area contributed by atoms with Crippen molar-refractivity contribution < 1.29 is 8.42 Å². The van der Waals surface area contributed by atoms with Crippen molar-refractivity contribution in [3.63, 3.8) is 0 Å². The van der Waals surface area contributed by atoms with Gasteiger partial charge >= 0.3 is 0 Å². The molecule has 3 nitrogen and oxygen atoms in total. The number of pyridine rings is 1. The Balaban J connectivity index is 2.49. The molecule has 0 saturated carbocycles. The monoisotopic (exact) mass is 329 g/mol. The van der Waals surface area contributed by atoms with Gasteiger partial charge in [-0.05, 0) is 34.1 Å². The Hall–Kier alpha value is -0.910. The summed E-state index contributed by atoms with van der Waals surface area (Å²) >= 11 is 9.26. The lowest BCUT2D eigenvalue weighted by atomic mass is 10.1. The quantitative estimate of drug-likeness (QED) is 0.744. The summed E-state index contributed by atoms with van der Waals surface area (Å²) in [5.41, 5.74) is 1.31. The van der Waals surface area contributed by atoms with Crippen LogP contribution in [-0.2, 0) is 9.84 Å². The fourth-order valence-electron chi connectivity index (χ4n) is 1.82. The van der Waals surface area contributed by atoms with Gasteiger partial charge in [0, 0.05) is 21.6 Å². The third kappa shape index (κ3) is 1.61. The molecule has 17 heavy (non-hydrogen) atoms. The zero-order chi connectivity index (χ0) is 12.2. The molecule has 1 aliphatic rings. The second-order valence-electron chi connectivity index (χ2n) is 3.67. The average molecular weight is 331 g/mol. The third-order valence-electron chi connectivity index (χ3n) is 2.61. The first-order valence-electron chi connectivity index (χ1n) is 4.70. The van der Waals surface area contributed by atoms with Gasteiger partial charge in [-0.15, -0.1) is 0 Å². The number of nitrogens with zero attached hydrogens (tertiary/aromatic N) is 1. The van der Waals surface area contributed by atoms with E-state index >= 15 is 0 Å². The maximum atomic E-state index is 11.8. The molecule has 2 aromatic rings. The van der Waals surface area contributed by atoms with Crippen molar-refractivity contribution in [2.75, 3.05) is 0 Å². The Kier molecular flexibility index (Phi) is 2.33. The molecule has 1 aliphatic heterocycles. The van der Waals surface area contributed by atoms with Gasteiger partial charge in [0.15, 0.2) is 0 Å². The summed E-state index contributed by atoms with van der Waals surface area (Å²) in [5.74, 6) is 0. The van der Waals surface area contributed by atoms with Gasteiger partial charge in [-0.2, -0.15) is 0 Å². The second kappa shape index (κ2) is 3.54. The van der Waals surface area contributed by atoms with Crippen LogP contribution in [0, 0.1) is 0 Å². The summed E-state index contributed by atoms with van der Waals surface area (Å²) in [6.07, 6.45) is 1.60. The Morgan fingerprint density at radius 3 is 2.82 bits per heavy atom. The minimum absolute atomic E-state index is 0.270. The van der Waals surface area contributed by atoms with Crippen LogP contribution in [0.4, 0.5) is 0 Å². The summed E-state index contributed by atoms with van der Waals surface area (Å²) in [4.78, 5) is 4.44. The van der Waals surface area contributed by atoms with E-state index in [1.807, 2.05) is 0 Å². The maximum Gasteiger partial charge on any atom is 0.201 e. The van der Waals surface area contributed by atoms with Crippen molar-refractivity contribution in [1.29, 1.82) is 0 Å². The van der Waals surface area contributed by atoms with Gasteiger partial charge in [-0.1, -0.05) is 11.6 Å². The number of sulfone groups is 1. The van der Waals surface area contributed by atoms with Gasteiger partial charge in [-0.3, -0.25) is 4.98 Å². The number of hydrogen-bond acceptors (Lipinski definition) is 3. The van der Waals surface area contributed by atoms with Crippen molar-refractivity contribution >= 4 is 52.8 Å². The number of benzene rings is 1. The average Bonchev–Trinajstić information content (AvgIpc) is 2.48. The highest BCUT2D eigenvalue weighted by molar-refractivity contribution is 9.15. The highest BCUT2D eigenvalue weighted by Crippen LogP contribution is 2.39. The van der Waals surface area contributed by atoms with E-state index < -0.39 is 9.84 Å². The zero-order valence-electron chi connectivity index (χ0n) is 8.31. The summed E-state index contributed by atoms with van der Waals surface area (Å²) in [6, 6.07) is 4.93. The molecule has 0 atom stereocenters. The Morgan fingerprint density at radius 1 is 1.29 bits per heavy atom. The first-order valence-corrected chi connectivity index (χ1v) is 7.42. The number of rotatable bonds is 0. The predicted molar refractivity (Wildman–Crippen MR) is 70.8 cm³/mol. The molecular weight excluding hydrogens is 326 g/mol. The minimum Gasteiger partial charge on any atom is -0.256 e. The first kappa shape index (κ1) is 11.2. The van der Waals surface area contributed by atoms with Crippen LogP contribution < -0.4 is 0 Å². The Bertz CT molecular complexity index is 783. The van der Waals surface area contributed by atoms with Crippen LogP contribution in [0.25, 0.3) is 15.4 Å².